The lowest BCUT2D eigenvalue weighted by Gasteiger charge is -2.14. The molecule has 0 amide bonds. The molecule has 1 rings (SSSR count). The number of benzene rings is 1. The molecule has 3 heteroatoms. The van der Waals surface area contributed by atoms with Crippen molar-refractivity contribution in [1.29, 1.82) is 0 Å². The molecule has 0 aliphatic rings. The summed E-state index contributed by atoms with van der Waals surface area (Å²) in [5.74, 6) is 1.16. The smallest absolute Gasteiger partial charge is 0.0802 e. The fourth-order valence-corrected chi connectivity index (χ4v) is 2.32. The van der Waals surface area contributed by atoms with E-state index in [1.54, 1.807) is 0 Å². The summed E-state index contributed by atoms with van der Waals surface area (Å²) in [7, 11) is 4.05. The molecule has 96 valence electrons. The van der Waals surface area contributed by atoms with E-state index in [2.05, 4.69) is 24.0 Å². The van der Waals surface area contributed by atoms with Crippen LogP contribution in [0.25, 0.3) is 0 Å². The summed E-state index contributed by atoms with van der Waals surface area (Å²) in [5, 5.41) is 10.0. The molecule has 1 unspecified atom stereocenters. The normalized spacial score (nSPS) is 13.0. The third kappa shape index (κ3) is 5.57. The summed E-state index contributed by atoms with van der Waals surface area (Å²) in [6.45, 7) is 3.10. The molecule has 1 aromatic rings. The van der Waals surface area contributed by atoms with Gasteiger partial charge in [-0.1, -0.05) is 19.1 Å². The van der Waals surface area contributed by atoms with Gasteiger partial charge in [0, 0.05) is 11.4 Å². The summed E-state index contributed by atoms with van der Waals surface area (Å²) >= 11 is 1.87. The fourth-order valence-electron chi connectivity index (χ4n) is 1.55. The van der Waals surface area contributed by atoms with E-state index >= 15 is 0 Å². The number of hydrogen-bond donors (Lipinski definition) is 1. The first-order chi connectivity index (χ1) is 8.13. The minimum Gasteiger partial charge on any atom is -0.388 e. The van der Waals surface area contributed by atoms with Crippen molar-refractivity contribution >= 4 is 11.8 Å². The average Bonchev–Trinajstić information content (AvgIpc) is 2.34. The van der Waals surface area contributed by atoms with Gasteiger partial charge < -0.3 is 10.0 Å². The molecule has 0 saturated carbocycles. The maximum absolute atomic E-state index is 10.0. The van der Waals surface area contributed by atoms with Crippen LogP contribution in [0.2, 0.25) is 0 Å². The van der Waals surface area contributed by atoms with Gasteiger partial charge in [0.1, 0.15) is 0 Å². The first-order valence-electron chi connectivity index (χ1n) is 6.19. The molecular formula is C14H23NOS. The fraction of sp³-hybridized carbons (Fsp3) is 0.571. The Morgan fingerprint density at radius 3 is 2.41 bits per heavy atom. The van der Waals surface area contributed by atoms with Crippen LogP contribution < -0.4 is 0 Å². The number of rotatable bonds is 7. The second-order valence-corrected chi connectivity index (χ2v) is 5.69. The second-order valence-electron chi connectivity index (χ2n) is 4.53. The minimum atomic E-state index is -0.345. The van der Waals surface area contributed by atoms with Crippen LogP contribution in [0.5, 0.6) is 0 Å². The van der Waals surface area contributed by atoms with Crippen LogP contribution in [0.1, 0.15) is 31.4 Å². The molecule has 0 saturated heterocycles. The summed E-state index contributed by atoms with van der Waals surface area (Å²) < 4.78 is 0. The number of aliphatic hydroxyl groups is 1. The highest BCUT2D eigenvalue weighted by Crippen LogP contribution is 2.23. The molecular weight excluding hydrogens is 230 g/mol. The van der Waals surface area contributed by atoms with Gasteiger partial charge in [-0.2, -0.15) is 0 Å². The molecule has 0 spiro atoms. The van der Waals surface area contributed by atoms with E-state index < -0.39 is 0 Å². The summed E-state index contributed by atoms with van der Waals surface area (Å²) in [6.07, 6.45) is 1.63. The topological polar surface area (TPSA) is 23.5 Å². The monoisotopic (exact) mass is 253 g/mol. The van der Waals surface area contributed by atoms with E-state index in [0.29, 0.717) is 0 Å². The zero-order valence-electron chi connectivity index (χ0n) is 11.0. The van der Waals surface area contributed by atoms with E-state index in [4.69, 9.17) is 0 Å². The molecule has 0 heterocycles. The van der Waals surface area contributed by atoms with Crippen molar-refractivity contribution < 1.29 is 5.11 Å². The number of thioether (sulfide) groups is 1. The Balaban J connectivity index is 2.48. The Morgan fingerprint density at radius 2 is 1.88 bits per heavy atom. The Morgan fingerprint density at radius 1 is 1.24 bits per heavy atom. The maximum atomic E-state index is 10.0. The van der Waals surface area contributed by atoms with Crippen molar-refractivity contribution in [1.82, 2.24) is 4.90 Å². The van der Waals surface area contributed by atoms with Gasteiger partial charge in [0.25, 0.3) is 0 Å². The Bertz CT molecular complexity index is 311. The Kier molecular flexibility index (Phi) is 6.63. The first-order valence-corrected chi connectivity index (χ1v) is 7.17. The van der Waals surface area contributed by atoms with E-state index in [9.17, 15) is 5.11 Å². The molecule has 17 heavy (non-hydrogen) atoms. The SMILES string of the molecule is CCCSc1ccc(C(O)CCN(C)C)cc1. The summed E-state index contributed by atoms with van der Waals surface area (Å²) in [6, 6.07) is 8.29. The lowest BCUT2D eigenvalue weighted by atomic mass is 10.1. The van der Waals surface area contributed by atoms with Crippen molar-refractivity contribution in [2.24, 2.45) is 0 Å². The van der Waals surface area contributed by atoms with Gasteiger partial charge in [-0.25, -0.2) is 0 Å². The Hall–Kier alpha value is -0.510. The molecule has 1 N–H and O–H groups in total. The largest absolute Gasteiger partial charge is 0.388 e. The standard InChI is InChI=1S/C14H23NOS/c1-4-11-17-13-7-5-12(6-8-13)14(16)9-10-15(2)3/h5-8,14,16H,4,9-11H2,1-3H3. The van der Waals surface area contributed by atoms with Crippen LogP contribution in [0.15, 0.2) is 29.2 Å². The lowest BCUT2D eigenvalue weighted by molar-refractivity contribution is 0.154. The number of hydrogen-bond acceptors (Lipinski definition) is 3. The predicted octanol–water partition coefficient (Wildman–Crippen LogP) is 3.17. The van der Waals surface area contributed by atoms with Crippen molar-refractivity contribution in [2.75, 3.05) is 26.4 Å². The molecule has 0 fully saturated rings. The molecule has 1 aromatic carbocycles. The zero-order chi connectivity index (χ0) is 12.7. The van der Waals surface area contributed by atoms with Crippen molar-refractivity contribution in [2.45, 2.75) is 30.8 Å². The van der Waals surface area contributed by atoms with Crippen LogP contribution in [0, 0.1) is 0 Å². The quantitative estimate of drug-likeness (QED) is 0.755. The van der Waals surface area contributed by atoms with Crippen molar-refractivity contribution in [3.05, 3.63) is 29.8 Å². The highest BCUT2D eigenvalue weighted by atomic mass is 32.2. The molecule has 0 aliphatic heterocycles. The van der Waals surface area contributed by atoms with E-state index in [1.807, 2.05) is 38.0 Å². The zero-order valence-corrected chi connectivity index (χ0v) is 11.8. The van der Waals surface area contributed by atoms with Crippen LogP contribution in [0.3, 0.4) is 0 Å². The van der Waals surface area contributed by atoms with Crippen LogP contribution in [-0.2, 0) is 0 Å². The Labute approximate surface area is 109 Å². The van der Waals surface area contributed by atoms with Crippen molar-refractivity contribution in [3.63, 3.8) is 0 Å². The molecule has 0 aliphatic carbocycles. The molecule has 0 bridgehead atoms. The summed E-state index contributed by atoms with van der Waals surface area (Å²) in [4.78, 5) is 3.38. The van der Waals surface area contributed by atoms with Gasteiger partial charge >= 0.3 is 0 Å². The third-order valence-corrected chi connectivity index (χ3v) is 3.81. The second kappa shape index (κ2) is 7.75. The van der Waals surface area contributed by atoms with Crippen LogP contribution in [0.4, 0.5) is 0 Å². The average molecular weight is 253 g/mol. The first kappa shape index (κ1) is 14.6. The highest BCUT2D eigenvalue weighted by molar-refractivity contribution is 7.99. The minimum absolute atomic E-state index is 0.345. The molecule has 0 radical (unpaired) electrons. The highest BCUT2D eigenvalue weighted by Gasteiger charge is 2.07. The van der Waals surface area contributed by atoms with Gasteiger partial charge in [0.05, 0.1) is 6.10 Å². The number of aliphatic hydroxyl groups excluding tert-OH is 1. The van der Waals surface area contributed by atoms with Gasteiger partial charge in [-0.3, -0.25) is 0 Å². The van der Waals surface area contributed by atoms with Gasteiger partial charge in [-0.05, 0) is 50.4 Å². The molecule has 1 atom stereocenters. The maximum Gasteiger partial charge on any atom is 0.0802 e. The van der Waals surface area contributed by atoms with Crippen LogP contribution in [-0.4, -0.2) is 36.4 Å². The summed E-state index contributed by atoms with van der Waals surface area (Å²) in [5.41, 5.74) is 1.02. The predicted molar refractivity (Wildman–Crippen MR) is 75.6 cm³/mol. The van der Waals surface area contributed by atoms with E-state index in [0.717, 1.165) is 24.3 Å². The van der Waals surface area contributed by atoms with E-state index in [1.165, 1.54) is 11.3 Å². The number of nitrogens with zero attached hydrogens (tertiary/aromatic N) is 1. The third-order valence-electron chi connectivity index (χ3n) is 2.59. The molecule has 2 nitrogen and oxygen atoms in total. The van der Waals surface area contributed by atoms with Crippen molar-refractivity contribution in [3.8, 4) is 0 Å². The molecule has 0 aromatic heterocycles. The van der Waals surface area contributed by atoms with E-state index in [-0.39, 0.29) is 6.10 Å². The van der Waals surface area contributed by atoms with Gasteiger partial charge in [0.15, 0.2) is 0 Å². The lowest BCUT2D eigenvalue weighted by Crippen LogP contribution is -2.15. The van der Waals surface area contributed by atoms with Crippen LogP contribution >= 0.6 is 11.8 Å². The van der Waals surface area contributed by atoms with Gasteiger partial charge in [0.2, 0.25) is 0 Å². The van der Waals surface area contributed by atoms with Gasteiger partial charge in [-0.15, -0.1) is 11.8 Å².